The first-order valence-corrected chi connectivity index (χ1v) is 5.77. The monoisotopic (exact) mass is 232 g/mol. The Morgan fingerprint density at radius 3 is 0.600 bits per heavy atom. The molecule has 94 valence electrons. The molecule has 0 aromatic rings. The second kappa shape index (κ2) is 12.5. The van der Waals surface area contributed by atoms with E-state index in [0.29, 0.717) is 24.2 Å². The van der Waals surface area contributed by atoms with Crippen molar-refractivity contribution >= 4 is 17.4 Å². The minimum absolute atomic E-state index is 0. The first kappa shape index (κ1) is 20.8. The highest BCUT2D eigenvalue weighted by molar-refractivity contribution is 5.75. The van der Waals surface area contributed by atoms with E-state index in [1.165, 1.54) is 0 Å². The largest absolute Gasteiger partial charge is 0.312 e. The fourth-order valence-electron chi connectivity index (χ4n) is 1.33. The van der Waals surface area contributed by atoms with Gasteiger partial charge in [0.15, 0.2) is 17.4 Å². The number of hydrogen-bond donors (Lipinski definition) is 2. The van der Waals surface area contributed by atoms with E-state index in [1.807, 2.05) is 0 Å². The Morgan fingerprint density at radius 2 is 0.600 bits per heavy atom. The topological polar surface area (TPSA) is 24.1 Å². The lowest BCUT2D eigenvalue weighted by Gasteiger charge is -2.10. The molecule has 0 amide bonds. The molecule has 0 aromatic carbocycles. The molecule has 0 bridgehead atoms. The second-order valence-corrected chi connectivity index (χ2v) is 4.95. The van der Waals surface area contributed by atoms with Gasteiger partial charge >= 0.3 is 0 Å². The summed E-state index contributed by atoms with van der Waals surface area (Å²) >= 11 is 0. The van der Waals surface area contributed by atoms with Crippen molar-refractivity contribution in [2.75, 3.05) is 0 Å². The third-order valence-corrected chi connectivity index (χ3v) is 1.33. The highest BCUT2D eigenvalue weighted by Crippen LogP contribution is 1.81. The zero-order valence-corrected chi connectivity index (χ0v) is 11.3. The van der Waals surface area contributed by atoms with Gasteiger partial charge in [-0.05, 0) is 0 Å². The van der Waals surface area contributed by atoms with Crippen LogP contribution in [0.15, 0.2) is 0 Å². The summed E-state index contributed by atoms with van der Waals surface area (Å²) in [5.41, 5.74) is 0. The molecule has 0 heterocycles. The van der Waals surface area contributed by atoms with Crippen LogP contribution in [-0.4, -0.2) is 41.5 Å². The minimum atomic E-state index is 0. The van der Waals surface area contributed by atoms with Crippen molar-refractivity contribution < 1.29 is 0 Å². The number of hydrogen-bond acceptors (Lipinski definition) is 2. The van der Waals surface area contributed by atoms with E-state index in [2.05, 4.69) is 66.0 Å². The van der Waals surface area contributed by atoms with Crippen LogP contribution in [0.1, 0.15) is 55.4 Å². The lowest BCUT2D eigenvalue weighted by atomic mass is 10.3. The maximum Gasteiger partial charge on any atom is 0.187 e. The molecule has 0 aliphatic rings. The summed E-state index contributed by atoms with van der Waals surface area (Å²) in [6.07, 6.45) is 0. The van der Waals surface area contributed by atoms with Gasteiger partial charge in [-0.2, -0.15) is 0 Å². The molecule has 0 rings (SSSR count). The standard InChI is InChI=1S/2C6H15N.Al.3H/c2*1-5(2)7-6(3)4;;;;/h2*5-7H,1-4H3;;;;. The maximum atomic E-state index is 3.31. The van der Waals surface area contributed by atoms with Crippen LogP contribution in [0.2, 0.25) is 0 Å². The van der Waals surface area contributed by atoms with Crippen LogP contribution in [0.3, 0.4) is 0 Å². The van der Waals surface area contributed by atoms with Crippen molar-refractivity contribution in [3.05, 3.63) is 0 Å². The van der Waals surface area contributed by atoms with E-state index in [9.17, 15) is 0 Å². The van der Waals surface area contributed by atoms with E-state index in [0.717, 1.165) is 0 Å². The highest BCUT2D eigenvalue weighted by Gasteiger charge is 1.93. The zero-order chi connectivity index (χ0) is 11.7. The van der Waals surface area contributed by atoms with E-state index < -0.39 is 0 Å². The Balaban J connectivity index is -0.000000180. The van der Waals surface area contributed by atoms with E-state index in [1.54, 1.807) is 0 Å². The van der Waals surface area contributed by atoms with Gasteiger partial charge in [-0.15, -0.1) is 0 Å². The van der Waals surface area contributed by atoms with Crippen LogP contribution in [0.25, 0.3) is 0 Å². The molecular weight excluding hydrogens is 199 g/mol. The Bertz CT molecular complexity index is 86.2. The lowest BCUT2D eigenvalue weighted by Crippen LogP contribution is -2.29. The molecule has 3 heteroatoms. The Hall–Kier alpha value is 0.452. The van der Waals surface area contributed by atoms with Crippen molar-refractivity contribution in [2.24, 2.45) is 0 Å². The average molecular weight is 232 g/mol. The summed E-state index contributed by atoms with van der Waals surface area (Å²) in [6, 6.07) is 2.50. The molecule has 0 aliphatic heterocycles. The Morgan fingerprint density at radius 1 is 0.467 bits per heavy atom. The van der Waals surface area contributed by atoms with Crippen molar-refractivity contribution in [1.82, 2.24) is 10.6 Å². The third kappa shape index (κ3) is 31.4. The lowest BCUT2D eigenvalue weighted by molar-refractivity contribution is 0.518. The van der Waals surface area contributed by atoms with Crippen LogP contribution in [0, 0.1) is 0 Å². The first-order valence-electron chi connectivity index (χ1n) is 5.77. The van der Waals surface area contributed by atoms with Crippen LogP contribution in [0.5, 0.6) is 0 Å². The van der Waals surface area contributed by atoms with E-state index in [4.69, 9.17) is 0 Å². The molecule has 0 saturated heterocycles. The first-order chi connectivity index (χ1) is 6.25. The molecule has 2 nitrogen and oxygen atoms in total. The Labute approximate surface area is 108 Å². The van der Waals surface area contributed by atoms with E-state index >= 15 is 0 Å². The fraction of sp³-hybridized carbons (Fsp3) is 1.00. The fourth-order valence-corrected chi connectivity index (χ4v) is 1.33. The molecule has 0 fully saturated rings. The van der Waals surface area contributed by atoms with Gasteiger partial charge in [0.2, 0.25) is 0 Å². The van der Waals surface area contributed by atoms with Gasteiger partial charge in [0, 0.05) is 24.2 Å². The summed E-state index contributed by atoms with van der Waals surface area (Å²) in [5, 5.41) is 6.61. The summed E-state index contributed by atoms with van der Waals surface area (Å²) < 4.78 is 0. The number of rotatable bonds is 4. The van der Waals surface area contributed by atoms with Gasteiger partial charge < -0.3 is 10.6 Å². The van der Waals surface area contributed by atoms with Crippen LogP contribution in [-0.2, 0) is 0 Å². The van der Waals surface area contributed by atoms with Gasteiger partial charge in [-0.25, -0.2) is 0 Å². The van der Waals surface area contributed by atoms with Gasteiger partial charge in [-0.1, -0.05) is 55.4 Å². The molecule has 0 saturated carbocycles. The van der Waals surface area contributed by atoms with E-state index in [-0.39, 0.29) is 17.4 Å². The molecule has 0 unspecified atom stereocenters. The highest BCUT2D eigenvalue weighted by atomic mass is 27.0. The summed E-state index contributed by atoms with van der Waals surface area (Å²) in [5.74, 6) is 0. The molecular formula is C12H33AlN2. The molecule has 0 radical (unpaired) electrons. The van der Waals surface area contributed by atoms with Gasteiger partial charge in [0.25, 0.3) is 0 Å². The normalized spacial score (nSPS) is 10.4. The quantitative estimate of drug-likeness (QED) is 0.720. The van der Waals surface area contributed by atoms with Crippen LogP contribution in [0.4, 0.5) is 0 Å². The van der Waals surface area contributed by atoms with Crippen molar-refractivity contribution in [2.45, 2.75) is 79.6 Å². The Kier molecular flexibility index (Phi) is 17.4. The molecule has 2 N–H and O–H groups in total. The average Bonchev–Trinajstić information content (AvgIpc) is 1.79. The molecule has 0 aliphatic carbocycles. The predicted molar refractivity (Wildman–Crippen MR) is 76.8 cm³/mol. The second-order valence-electron chi connectivity index (χ2n) is 4.95. The molecule has 0 aromatic heterocycles. The summed E-state index contributed by atoms with van der Waals surface area (Å²) in [4.78, 5) is 0. The predicted octanol–water partition coefficient (Wildman–Crippen LogP) is 1.60. The SMILES string of the molecule is CC(C)NC(C)C.CC(C)NC(C)C.[AlH3]. The van der Waals surface area contributed by atoms with Gasteiger partial charge in [0.1, 0.15) is 0 Å². The van der Waals surface area contributed by atoms with Gasteiger partial charge in [0.05, 0.1) is 0 Å². The van der Waals surface area contributed by atoms with Crippen molar-refractivity contribution in [3.8, 4) is 0 Å². The number of nitrogens with one attached hydrogen (secondary N) is 2. The molecule has 15 heavy (non-hydrogen) atoms. The molecule has 0 atom stereocenters. The van der Waals surface area contributed by atoms with Crippen molar-refractivity contribution in [1.29, 1.82) is 0 Å². The van der Waals surface area contributed by atoms with Crippen LogP contribution >= 0.6 is 0 Å². The van der Waals surface area contributed by atoms with Crippen molar-refractivity contribution in [3.63, 3.8) is 0 Å². The zero-order valence-electron chi connectivity index (χ0n) is 11.3. The van der Waals surface area contributed by atoms with Crippen LogP contribution < -0.4 is 10.6 Å². The molecule has 0 spiro atoms. The maximum absolute atomic E-state index is 3.31. The summed E-state index contributed by atoms with van der Waals surface area (Å²) in [7, 11) is 0. The minimum Gasteiger partial charge on any atom is -0.312 e. The summed E-state index contributed by atoms with van der Waals surface area (Å²) in [6.45, 7) is 17.2. The third-order valence-electron chi connectivity index (χ3n) is 1.33. The smallest absolute Gasteiger partial charge is 0.187 e. The van der Waals surface area contributed by atoms with Gasteiger partial charge in [-0.3, -0.25) is 0 Å².